The first-order valence-electron chi connectivity index (χ1n) is 20.7. The van der Waals surface area contributed by atoms with E-state index in [-0.39, 0.29) is 23.3 Å². The van der Waals surface area contributed by atoms with Crippen LogP contribution in [0.25, 0.3) is 11.0 Å². The molecule has 0 aliphatic carbocycles. The number of para-hydroxylation sites is 2. The van der Waals surface area contributed by atoms with Crippen molar-refractivity contribution in [2.45, 2.75) is 64.5 Å². The zero-order valence-corrected chi connectivity index (χ0v) is 34.7. The van der Waals surface area contributed by atoms with Crippen molar-refractivity contribution in [3.05, 3.63) is 107 Å². The Bertz CT molecular complexity index is 2250. The zero-order valence-electron chi connectivity index (χ0n) is 34.7. The van der Waals surface area contributed by atoms with Crippen LogP contribution in [0.15, 0.2) is 78.9 Å². The summed E-state index contributed by atoms with van der Waals surface area (Å²) < 4.78 is 44.9. The Hall–Kier alpha value is -5.46. The maximum absolute atomic E-state index is 14.5. The number of imidazole rings is 1. The summed E-state index contributed by atoms with van der Waals surface area (Å²) >= 11 is 0. The van der Waals surface area contributed by atoms with Crippen molar-refractivity contribution < 1.29 is 37.7 Å². The molecule has 7 rings (SSSR count). The van der Waals surface area contributed by atoms with Crippen molar-refractivity contribution in [2.24, 2.45) is 5.92 Å². The molecule has 0 saturated carbocycles. The number of halogens is 1. The highest BCUT2D eigenvalue weighted by molar-refractivity contribution is 6.04. The largest absolute Gasteiger partial charge is 0.493 e. The quantitative estimate of drug-likeness (QED) is 0.0878. The van der Waals surface area contributed by atoms with Crippen molar-refractivity contribution in [3.8, 4) is 28.7 Å². The minimum absolute atomic E-state index is 0.0410. The third-order valence-corrected chi connectivity index (χ3v) is 11.8. The standard InChI is InChI=1S/C47H55FN4O7/c1-6-57-40-20-18-35(44(58-7-2)45(40)59-8-3)43(54)37-28-47(30-49-37,33-15-19-39(55-4)41(27-33)56-5)23-26-51-24-21-32(22-25-51)42(53)46-50-36-11-9-10-12-38(36)52(46)29-31-13-16-34(48)17-14-31/h9-20,27,32,37,49H,6-8,21-26,28-30H2,1-5H3. The van der Waals surface area contributed by atoms with E-state index in [0.717, 1.165) is 48.2 Å². The Kier molecular flexibility index (Phi) is 13.2. The number of hydrogen-bond donors (Lipinski definition) is 1. The summed E-state index contributed by atoms with van der Waals surface area (Å²) in [4.78, 5) is 35.9. The Morgan fingerprint density at radius 3 is 2.22 bits per heavy atom. The number of ketones is 2. The lowest BCUT2D eigenvalue weighted by Crippen LogP contribution is -2.40. The summed E-state index contributed by atoms with van der Waals surface area (Å²) in [7, 11) is 3.26. The van der Waals surface area contributed by atoms with Crippen LogP contribution in [0.2, 0.25) is 0 Å². The smallest absolute Gasteiger partial charge is 0.204 e. The molecule has 0 spiro atoms. The van der Waals surface area contributed by atoms with E-state index >= 15 is 0 Å². The second kappa shape index (κ2) is 18.6. The molecule has 12 heteroatoms. The number of benzene rings is 4. The number of likely N-dealkylation sites (tertiary alicyclic amines) is 1. The molecule has 59 heavy (non-hydrogen) atoms. The molecule has 1 aromatic heterocycles. The number of methoxy groups -OCH3 is 2. The molecular formula is C47H55FN4O7. The van der Waals surface area contributed by atoms with Gasteiger partial charge in [-0.1, -0.05) is 30.3 Å². The predicted octanol–water partition coefficient (Wildman–Crippen LogP) is 7.90. The van der Waals surface area contributed by atoms with Gasteiger partial charge in [-0.25, -0.2) is 9.37 Å². The molecule has 11 nitrogen and oxygen atoms in total. The van der Waals surface area contributed by atoms with Gasteiger partial charge in [0.25, 0.3) is 0 Å². The molecule has 0 bridgehead atoms. The van der Waals surface area contributed by atoms with E-state index < -0.39 is 11.5 Å². The highest BCUT2D eigenvalue weighted by Gasteiger charge is 2.44. The molecule has 312 valence electrons. The van der Waals surface area contributed by atoms with Gasteiger partial charge in [-0.3, -0.25) is 9.59 Å². The third-order valence-electron chi connectivity index (χ3n) is 11.8. The Morgan fingerprint density at radius 1 is 0.814 bits per heavy atom. The number of nitrogens with one attached hydrogen (secondary N) is 1. The van der Waals surface area contributed by atoms with Crippen LogP contribution in [0.4, 0.5) is 4.39 Å². The molecular weight excluding hydrogens is 752 g/mol. The van der Waals surface area contributed by atoms with Gasteiger partial charge >= 0.3 is 0 Å². The number of rotatable bonds is 18. The lowest BCUT2D eigenvalue weighted by molar-refractivity contribution is 0.0819. The average molecular weight is 807 g/mol. The fraction of sp³-hybridized carbons (Fsp3) is 0.426. The van der Waals surface area contributed by atoms with Crippen molar-refractivity contribution in [1.82, 2.24) is 19.8 Å². The van der Waals surface area contributed by atoms with Crippen LogP contribution < -0.4 is 29.0 Å². The van der Waals surface area contributed by atoms with Gasteiger partial charge in [0.05, 0.1) is 56.7 Å². The van der Waals surface area contributed by atoms with E-state index in [1.54, 1.807) is 38.5 Å². The summed E-state index contributed by atoms with van der Waals surface area (Å²) in [6.45, 7) is 10.2. The monoisotopic (exact) mass is 806 g/mol. The van der Waals surface area contributed by atoms with Gasteiger partial charge < -0.3 is 38.5 Å². The van der Waals surface area contributed by atoms with Crippen LogP contribution in [0.1, 0.15) is 78.6 Å². The number of ether oxygens (including phenoxy) is 5. The average Bonchev–Trinajstić information content (AvgIpc) is 3.87. The van der Waals surface area contributed by atoms with Gasteiger partial charge in [0.2, 0.25) is 11.5 Å². The summed E-state index contributed by atoms with van der Waals surface area (Å²) in [5, 5.41) is 3.59. The fourth-order valence-corrected chi connectivity index (χ4v) is 8.69. The maximum Gasteiger partial charge on any atom is 0.204 e. The first-order chi connectivity index (χ1) is 28.7. The molecule has 2 fully saturated rings. The van der Waals surface area contributed by atoms with Crippen LogP contribution in [-0.4, -0.2) is 92.3 Å². The lowest BCUT2D eigenvalue weighted by Gasteiger charge is -2.36. The number of piperidine rings is 1. The predicted molar refractivity (Wildman–Crippen MR) is 225 cm³/mol. The second-order valence-corrected chi connectivity index (χ2v) is 15.3. The molecule has 3 heterocycles. The van der Waals surface area contributed by atoms with E-state index in [0.29, 0.717) is 92.3 Å². The van der Waals surface area contributed by atoms with Crippen LogP contribution >= 0.6 is 0 Å². The van der Waals surface area contributed by atoms with Crippen LogP contribution in [0.5, 0.6) is 28.7 Å². The molecule has 2 unspecified atom stereocenters. The molecule has 1 N–H and O–H groups in total. The van der Waals surface area contributed by atoms with Crippen molar-refractivity contribution >= 4 is 22.6 Å². The molecule has 5 aromatic rings. The van der Waals surface area contributed by atoms with Crippen LogP contribution in [-0.2, 0) is 12.0 Å². The molecule has 0 radical (unpaired) electrons. The van der Waals surface area contributed by atoms with E-state index in [4.69, 9.17) is 28.7 Å². The van der Waals surface area contributed by atoms with Gasteiger partial charge in [0.15, 0.2) is 34.6 Å². The Labute approximate surface area is 345 Å². The maximum atomic E-state index is 14.5. The van der Waals surface area contributed by atoms with Crippen molar-refractivity contribution in [1.29, 1.82) is 0 Å². The van der Waals surface area contributed by atoms with Gasteiger partial charge in [-0.05, 0) is 126 Å². The summed E-state index contributed by atoms with van der Waals surface area (Å²) in [6, 6.07) is 23.3. The third kappa shape index (κ3) is 8.79. The highest BCUT2D eigenvalue weighted by Crippen LogP contribution is 2.45. The van der Waals surface area contributed by atoms with Gasteiger partial charge in [0.1, 0.15) is 5.82 Å². The van der Waals surface area contributed by atoms with Gasteiger partial charge in [0, 0.05) is 24.4 Å². The number of Topliss-reactive ketones (excluding diaryl/α,β-unsaturated/α-hetero) is 2. The minimum atomic E-state index is -0.479. The number of aromatic nitrogens is 2. The molecule has 4 aromatic carbocycles. The second-order valence-electron chi connectivity index (χ2n) is 15.3. The van der Waals surface area contributed by atoms with Crippen LogP contribution in [0, 0.1) is 11.7 Å². The minimum Gasteiger partial charge on any atom is -0.493 e. The topological polar surface area (TPSA) is 113 Å². The van der Waals surface area contributed by atoms with E-state index in [9.17, 15) is 14.0 Å². The molecule has 2 saturated heterocycles. The lowest BCUT2D eigenvalue weighted by atomic mass is 9.74. The Balaban J connectivity index is 1.09. The highest BCUT2D eigenvalue weighted by atomic mass is 19.1. The number of carbonyl (C=O) groups excluding carboxylic acids is 2. The Morgan fingerprint density at radius 2 is 1.51 bits per heavy atom. The van der Waals surface area contributed by atoms with Gasteiger partial charge in [-0.15, -0.1) is 0 Å². The molecule has 2 atom stereocenters. The van der Waals surface area contributed by atoms with Crippen LogP contribution in [0.3, 0.4) is 0 Å². The zero-order chi connectivity index (χ0) is 41.5. The fourth-order valence-electron chi connectivity index (χ4n) is 8.69. The van der Waals surface area contributed by atoms with E-state index in [2.05, 4.69) is 16.3 Å². The molecule has 0 amide bonds. The summed E-state index contributed by atoms with van der Waals surface area (Å²) in [5.74, 6) is 2.62. The SMILES string of the molecule is CCOc1ccc(C(=O)C2CC(CCN3CCC(C(=O)c4nc5ccccc5n4Cc4ccc(F)cc4)CC3)(c3ccc(OC)c(OC)c3)CN2)c(OCC)c1OCC. The normalized spacial score (nSPS) is 18.5. The van der Waals surface area contributed by atoms with Crippen molar-refractivity contribution in [3.63, 3.8) is 0 Å². The first-order valence-corrected chi connectivity index (χ1v) is 20.7. The summed E-state index contributed by atoms with van der Waals surface area (Å²) in [6.07, 6.45) is 2.75. The van der Waals surface area contributed by atoms with Gasteiger partial charge in [-0.2, -0.15) is 0 Å². The number of fused-ring (bicyclic) bond motifs is 1. The number of carbonyl (C=O) groups is 2. The van der Waals surface area contributed by atoms with E-state index in [1.807, 2.05) is 61.7 Å². The van der Waals surface area contributed by atoms with E-state index in [1.165, 1.54) is 12.1 Å². The number of hydrogen-bond acceptors (Lipinski definition) is 10. The van der Waals surface area contributed by atoms with Crippen molar-refractivity contribution in [2.75, 3.05) is 60.2 Å². The molecule has 2 aliphatic heterocycles. The number of nitrogens with zero attached hydrogens (tertiary/aromatic N) is 3. The summed E-state index contributed by atoms with van der Waals surface area (Å²) in [5.41, 5.74) is 3.66. The molecule has 2 aliphatic rings. The first kappa shape index (κ1) is 41.7.